The minimum absolute atomic E-state index is 0.904. The van der Waals surface area contributed by atoms with Crippen LogP contribution in [-0.2, 0) is 0 Å². The topological polar surface area (TPSA) is 41.6 Å². The van der Waals surface area contributed by atoms with Crippen molar-refractivity contribution in [2.45, 2.75) is 6.92 Å². The highest BCUT2D eigenvalue weighted by atomic mass is 14.9. The molecule has 0 aliphatic heterocycles. The quantitative estimate of drug-likeness (QED) is 0.669. The highest BCUT2D eigenvalue weighted by Crippen LogP contribution is 2.21. The summed E-state index contributed by atoms with van der Waals surface area (Å²) in [5.41, 5.74) is 3.89. The number of nitrogens with zero attached hydrogens (tertiary/aromatic N) is 2. The Morgan fingerprint density at radius 2 is 2.06 bits per heavy atom. The smallest absolute Gasteiger partial charge is 0.137 e. The molecular weight excluding hydrogens is 198 g/mol. The minimum atomic E-state index is 0.904. The molecule has 3 heterocycles. The lowest BCUT2D eigenvalue weighted by molar-refractivity contribution is 1.19. The second kappa shape index (κ2) is 3.45. The van der Waals surface area contributed by atoms with Gasteiger partial charge in [0.15, 0.2) is 0 Å². The molecule has 0 fully saturated rings. The molecule has 0 amide bonds. The van der Waals surface area contributed by atoms with Crippen LogP contribution in [0.5, 0.6) is 0 Å². The van der Waals surface area contributed by atoms with Gasteiger partial charge in [-0.05, 0) is 37.3 Å². The largest absolute Gasteiger partial charge is 0.338 e. The van der Waals surface area contributed by atoms with Crippen molar-refractivity contribution < 1.29 is 0 Å². The Bertz CT molecular complexity index is 607. The summed E-state index contributed by atoms with van der Waals surface area (Å²) in [5.74, 6) is 0. The SMILES string of the molecule is Cc1cccc(-c2cc3cccnc3[nH]2)n1. The highest BCUT2D eigenvalue weighted by Gasteiger charge is 2.04. The number of pyridine rings is 2. The van der Waals surface area contributed by atoms with Gasteiger partial charge in [0.05, 0.1) is 11.4 Å². The number of aryl methyl sites for hydroxylation is 1. The zero-order valence-electron chi connectivity index (χ0n) is 8.94. The van der Waals surface area contributed by atoms with E-state index in [2.05, 4.69) is 21.0 Å². The number of hydrogen-bond acceptors (Lipinski definition) is 2. The Morgan fingerprint density at radius 3 is 2.88 bits per heavy atom. The lowest BCUT2D eigenvalue weighted by Gasteiger charge is -1.97. The van der Waals surface area contributed by atoms with Crippen molar-refractivity contribution in [1.29, 1.82) is 0 Å². The summed E-state index contributed by atoms with van der Waals surface area (Å²) in [4.78, 5) is 12.0. The van der Waals surface area contributed by atoms with Gasteiger partial charge in [0.2, 0.25) is 0 Å². The molecule has 3 aromatic rings. The summed E-state index contributed by atoms with van der Waals surface area (Å²) in [6.45, 7) is 1.99. The van der Waals surface area contributed by atoms with E-state index < -0.39 is 0 Å². The predicted octanol–water partition coefficient (Wildman–Crippen LogP) is 2.93. The third-order valence-corrected chi connectivity index (χ3v) is 2.56. The van der Waals surface area contributed by atoms with Crippen LogP contribution in [-0.4, -0.2) is 15.0 Å². The molecule has 0 aliphatic rings. The predicted molar refractivity (Wildman–Crippen MR) is 64.1 cm³/mol. The second-order valence-electron chi connectivity index (χ2n) is 3.79. The molecule has 0 aliphatic carbocycles. The summed E-state index contributed by atoms with van der Waals surface area (Å²) in [6.07, 6.45) is 1.78. The van der Waals surface area contributed by atoms with Crippen LogP contribution in [0.4, 0.5) is 0 Å². The number of rotatable bonds is 1. The number of fused-ring (bicyclic) bond motifs is 1. The van der Waals surface area contributed by atoms with Crippen LogP contribution in [0.3, 0.4) is 0 Å². The van der Waals surface area contributed by atoms with Gasteiger partial charge in [-0.3, -0.25) is 4.98 Å². The molecule has 0 radical (unpaired) electrons. The van der Waals surface area contributed by atoms with Crippen LogP contribution in [0, 0.1) is 6.92 Å². The Kier molecular flexibility index (Phi) is 1.96. The Hall–Kier alpha value is -2.16. The lowest BCUT2D eigenvalue weighted by Crippen LogP contribution is -1.85. The van der Waals surface area contributed by atoms with E-state index in [4.69, 9.17) is 0 Å². The fourth-order valence-corrected chi connectivity index (χ4v) is 1.79. The van der Waals surface area contributed by atoms with Crippen LogP contribution in [0.25, 0.3) is 22.4 Å². The molecular formula is C13H11N3. The van der Waals surface area contributed by atoms with E-state index in [-0.39, 0.29) is 0 Å². The molecule has 0 saturated heterocycles. The number of aromatic amines is 1. The molecule has 0 aromatic carbocycles. The van der Waals surface area contributed by atoms with Gasteiger partial charge in [0.25, 0.3) is 0 Å². The van der Waals surface area contributed by atoms with Gasteiger partial charge in [0, 0.05) is 17.3 Å². The third-order valence-electron chi connectivity index (χ3n) is 2.56. The first-order valence-corrected chi connectivity index (χ1v) is 5.21. The molecule has 0 atom stereocenters. The van der Waals surface area contributed by atoms with Gasteiger partial charge in [-0.1, -0.05) is 6.07 Å². The average Bonchev–Trinajstić information content (AvgIpc) is 2.72. The van der Waals surface area contributed by atoms with Gasteiger partial charge in [-0.25, -0.2) is 4.98 Å². The summed E-state index contributed by atoms with van der Waals surface area (Å²) in [7, 11) is 0. The summed E-state index contributed by atoms with van der Waals surface area (Å²) in [6, 6.07) is 12.0. The molecule has 3 rings (SSSR count). The molecule has 0 saturated carbocycles. The first kappa shape index (κ1) is 9.09. The fraction of sp³-hybridized carbons (Fsp3) is 0.0769. The third kappa shape index (κ3) is 1.46. The number of nitrogens with one attached hydrogen (secondary N) is 1. The average molecular weight is 209 g/mol. The van der Waals surface area contributed by atoms with Crippen molar-refractivity contribution >= 4 is 11.0 Å². The molecule has 0 bridgehead atoms. The van der Waals surface area contributed by atoms with Gasteiger partial charge in [-0.2, -0.15) is 0 Å². The van der Waals surface area contributed by atoms with E-state index in [1.165, 1.54) is 0 Å². The fourth-order valence-electron chi connectivity index (χ4n) is 1.79. The van der Waals surface area contributed by atoms with Gasteiger partial charge in [-0.15, -0.1) is 0 Å². The summed E-state index contributed by atoms with van der Waals surface area (Å²) < 4.78 is 0. The van der Waals surface area contributed by atoms with Crippen molar-refractivity contribution in [3.05, 3.63) is 48.3 Å². The van der Waals surface area contributed by atoms with Gasteiger partial charge >= 0.3 is 0 Å². The zero-order valence-corrected chi connectivity index (χ0v) is 8.94. The van der Waals surface area contributed by atoms with E-state index in [1.54, 1.807) is 6.20 Å². The van der Waals surface area contributed by atoms with Crippen molar-refractivity contribution in [1.82, 2.24) is 15.0 Å². The molecule has 0 unspecified atom stereocenters. The monoisotopic (exact) mass is 209 g/mol. The lowest BCUT2D eigenvalue weighted by atomic mass is 10.2. The van der Waals surface area contributed by atoms with E-state index in [0.717, 1.165) is 28.1 Å². The Balaban J connectivity index is 2.19. The first-order valence-electron chi connectivity index (χ1n) is 5.21. The Labute approximate surface area is 93.2 Å². The zero-order chi connectivity index (χ0) is 11.0. The van der Waals surface area contributed by atoms with Crippen molar-refractivity contribution in [2.24, 2.45) is 0 Å². The van der Waals surface area contributed by atoms with Crippen LogP contribution in [0.2, 0.25) is 0 Å². The van der Waals surface area contributed by atoms with E-state index >= 15 is 0 Å². The minimum Gasteiger partial charge on any atom is -0.338 e. The number of aromatic nitrogens is 3. The van der Waals surface area contributed by atoms with Crippen molar-refractivity contribution in [2.75, 3.05) is 0 Å². The van der Waals surface area contributed by atoms with Crippen LogP contribution < -0.4 is 0 Å². The van der Waals surface area contributed by atoms with E-state index in [1.807, 2.05) is 37.3 Å². The van der Waals surface area contributed by atoms with E-state index in [0.29, 0.717) is 0 Å². The first-order chi connectivity index (χ1) is 7.83. The standard InChI is InChI=1S/C13H11N3/c1-9-4-2-6-11(15-9)12-8-10-5-3-7-14-13(10)16-12/h2-8H,1H3,(H,14,16). The maximum atomic E-state index is 4.48. The number of H-pyrrole nitrogens is 1. The van der Waals surface area contributed by atoms with Crippen LogP contribution in [0.1, 0.15) is 5.69 Å². The summed E-state index contributed by atoms with van der Waals surface area (Å²) in [5, 5.41) is 1.11. The van der Waals surface area contributed by atoms with Gasteiger partial charge in [0.1, 0.15) is 5.65 Å². The molecule has 0 spiro atoms. The van der Waals surface area contributed by atoms with Crippen LogP contribution in [0.15, 0.2) is 42.6 Å². The van der Waals surface area contributed by atoms with Gasteiger partial charge < -0.3 is 4.98 Å². The van der Waals surface area contributed by atoms with Crippen molar-refractivity contribution in [3.8, 4) is 11.4 Å². The molecule has 1 N–H and O–H groups in total. The molecule has 16 heavy (non-hydrogen) atoms. The van der Waals surface area contributed by atoms with E-state index in [9.17, 15) is 0 Å². The normalized spacial score (nSPS) is 10.8. The molecule has 3 aromatic heterocycles. The highest BCUT2D eigenvalue weighted by molar-refractivity contribution is 5.81. The van der Waals surface area contributed by atoms with Crippen LogP contribution >= 0.6 is 0 Å². The maximum absolute atomic E-state index is 4.48. The molecule has 3 heteroatoms. The maximum Gasteiger partial charge on any atom is 0.137 e. The molecule has 3 nitrogen and oxygen atoms in total. The van der Waals surface area contributed by atoms with Crippen molar-refractivity contribution in [3.63, 3.8) is 0 Å². The second-order valence-corrected chi connectivity index (χ2v) is 3.79. The Morgan fingerprint density at radius 1 is 1.12 bits per heavy atom. The molecule has 78 valence electrons. The number of hydrogen-bond donors (Lipinski definition) is 1. The summed E-state index contributed by atoms with van der Waals surface area (Å²) >= 11 is 0.